The topological polar surface area (TPSA) is 148 Å². The molecule has 9 heteroatoms. The third kappa shape index (κ3) is 5.11. The molecule has 0 amide bonds. The summed E-state index contributed by atoms with van der Waals surface area (Å²) in [5.41, 5.74) is 0.583. The Kier molecular flexibility index (Phi) is 5.59. The summed E-state index contributed by atoms with van der Waals surface area (Å²) in [5.74, 6) is -1.62. The maximum atomic E-state index is 11.1. The molecular weight excluding hydrogens is 351 g/mol. The van der Waals surface area contributed by atoms with E-state index in [1.54, 1.807) is 19.1 Å². The van der Waals surface area contributed by atoms with E-state index in [9.17, 15) is 25.0 Å². The van der Waals surface area contributed by atoms with Crippen molar-refractivity contribution in [3.8, 4) is 23.0 Å². The third-order valence-corrected chi connectivity index (χ3v) is 4.13. The van der Waals surface area contributed by atoms with Crippen molar-refractivity contribution in [2.75, 3.05) is 0 Å². The fourth-order valence-electron chi connectivity index (χ4n) is 2.53. The lowest BCUT2D eigenvalue weighted by Gasteiger charge is -2.21. The van der Waals surface area contributed by atoms with Gasteiger partial charge in [-0.25, -0.2) is 4.57 Å². The molecule has 0 saturated carbocycles. The fourth-order valence-corrected chi connectivity index (χ4v) is 2.94. The van der Waals surface area contributed by atoms with Gasteiger partial charge in [0, 0.05) is 12.1 Å². The zero-order chi connectivity index (χ0) is 18.8. The average molecular weight is 370 g/mol. The number of rotatable bonds is 6. The van der Waals surface area contributed by atoms with Gasteiger partial charge in [-0.05, 0) is 30.0 Å². The lowest BCUT2D eigenvalue weighted by molar-refractivity contribution is 0.152. The van der Waals surface area contributed by atoms with Crippen LogP contribution in [0.3, 0.4) is 0 Å². The van der Waals surface area contributed by atoms with Crippen LogP contribution in [0.4, 0.5) is 0 Å². The van der Waals surface area contributed by atoms with Crippen molar-refractivity contribution < 1.29 is 39.3 Å². The van der Waals surface area contributed by atoms with Crippen LogP contribution < -0.4 is 4.52 Å². The first-order valence-corrected chi connectivity index (χ1v) is 8.88. The van der Waals surface area contributed by atoms with Crippen molar-refractivity contribution in [1.29, 1.82) is 0 Å². The van der Waals surface area contributed by atoms with Gasteiger partial charge < -0.3 is 24.9 Å². The molecule has 2 unspecified atom stereocenters. The first-order valence-electron chi connectivity index (χ1n) is 7.35. The molecule has 6 N–H and O–H groups in total. The Morgan fingerprint density at radius 2 is 1.64 bits per heavy atom. The summed E-state index contributed by atoms with van der Waals surface area (Å²) in [6, 6.07) is 8.20. The summed E-state index contributed by atoms with van der Waals surface area (Å²) < 4.78 is 15.5. The summed E-state index contributed by atoms with van der Waals surface area (Å²) in [6.07, 6.45) is -1.22. The highest BCUT2D eigenvalue weighted by atomic mass is 31.2. The van der Waals surface area contributed by atoms with Crippen molar-refractivity contribution >= 4 is 7.82 Å². The first kappa shape index (κ1) is 19.1. The second-order valence-corrected chi connectivity index (χ2v) is 6.87. The van der Waals surface area contributed by atoms with Gasteiger partial charge in [-0.15, -0.1) is 0 Å². The first-order chi connectivity index (χ1) is 11.6. The Morgan fingerprint density at radius 1 is 1.04 bits per heavy atom. The van der Waals surface area contributed by atoms with E-state index in [1.165, 1.54) is 12.1 Å². The molecule has 0 fully saturated rings. The molecule has 0 saturated heterocycles. The van der Waals surface area contributed by atoms with Gasteiger partial charge in [0.1, 0.15) is 23.0 Å². The molecule has 0 aliphatic heterocycles. The number of hydrogen-bond donors (Lipinski definition) is 6. The largest absolute Gasteiger partial charge is 0.524 e. The highest BCUT2D eigenvalue weighted by Gasteiger charge is 2.26. The minimum Gasteiger partial charge on any atom is -0.508 e. The van der Waals surface area contributed by atoms with Crippen LogP contribution in [0.25, 0.3) is 0 Å². The Labute approximate surface area is 143 Å². The Bertz CT molecular complexity index is 783. The number of aliphatic hydroxyl groups is 1. The van der Waals surface area contributed by atoms with E-state index in [0.29, 0.717) is 0 Å². The molecule has 2 aromatic carbocycles. The number of phenolic OH excluding ortho intramolecular Hbond substituents is 3. The van der Waals surface area contributed by atoms with Crippen molar-refractivity contribution in [3.05, 3.63) is 47.5 Å². The number of phosphoric ester groups is 1. The predicted octanol–water partition coefficient (Wildman–Crippen LogP) is 2.50. The van der Waals surface area contributed by atoms with Crippen LogP contribution in [0, 0.1) is 0 Å². The van der Waals surface area contributed by atoms with E-state index in [1.807, 2.05) is 0 Å². The van der Waals surface area contributed by atoms with Crippen LogP contribution in [0.15, 0.2) is 36.4 Å². The van der Waals surface area contributed by atoms with Gasteiger partial charge in [0.05, 0.1) is 11.7 Å². The molecular formula is C16H19O8P. The summed E-state index contributed by atoms with van der Waals surface area (Å²) in [6.45, 7) is 1.80. The van der Waals surface area contributed by atoms with E-state index in [0.717, 1.165) is 17.7 Å². The number of aromatic hydroxyl groups is 3. The van der Waals surface area contributed by atoms with Crippen molar-refractivity contribution in [3.63, 3.8) is 0 Å². The zero-order valence-corrected chi connectivity index (χ0v) is 14.2. The van der Waals surface area contributed by atoms with Crippen molar-refractivity contribution in [2.45, 2.75) is 25.4 Å². The predicted molar refractivity (Wildman–Crippen MR) is 88.5 cm³/mol. The number of phenols is 3. The molecule has 0 heterocycles. The minimum absolute atomic E-state index is 0.0978. The molecule has 0 spiro atoms. The molecule has 0 aliphatic carbocycles. The third-order valence-electron chi connectivity index (χ3n) is 3.69. The second kappa shape index (κ2) is 7.33. The second-order valence-electron chi connectivity index (χ2n) is 5.70. The Hall–Kier alpha value is -2.25. The maximum Gasteiger partial charge on any atom is 0.524 e. The van der Waals surface area contributed by atoms with Gasteiger partial charge in [-0.2, -0.15) is 0 Å². The van der Waals surface area contributed by atoms with Crippen LogP contribution >= 0.6 is 7.82 Å². The molecule has 8 nitrogen and oxygen atoms in total. The highest BCUT2D eigenvalue weighted by molar-refractivity contribution is 7.46. The van der Waals surface area contributed by atoms with E-state index < -0.39 is 31.2 Å². The molecule has 2 rings (SSSR count). The van der Waals surface area contributed by atoms with Crippen molar-refractivity contribution in [2.24, 2.45) is 0 Å². The minimum atomic E-state index is -4.95. The molecule has 0 radical (unpaired) electrons. The number of aliphatic hydroxyl groups excluding tert-OH is 1. The number of phosphoric acid groups is 1. The quantitative estimate of drug-likeness (QED) is 0.425. The van der Waals surface area contributed by atoms with Crippen molar-refractivity contribution in [1.82, 2.24) is 0 Å². The molecule has 25 heavy (non-hydrogen) atoms. The number of hydrogen-bond acceptors (Lipinski definition) is 6. The summed E-state index contributed by atoms with van der Waals surface area (Å²) >= 11 is 0. The number of benzene rings is 2. The van der Waals surface area contributed by atoms with Crippen LogP contribution in [-0.2, 0) is 4.57 Å². The lowest BCUT2D eigenvalue weighted by Crippen LogP contribution is -2.06. The van der Waals surface area contributed by atoms with E-state index in [-0.39, 0.29) is 23.7 Å². The van der Waals surface area contributed by atoms with Crippen LogP contribution in [0.5, 0.6) is 23.0 Å². The van der Waals surface area contributed by atoms with Gasteiger partial charge in [0.2, 0.25) is 0 Å². The summed E-state index contributed by atoms with van der Waals surface area (Å²) in [4.78, 5) is 17.9. The van der Waals surface area contributed by atoms with Crippen LogP contribution in [0.1, 0.15) is 36.5 Å². The summed E-state index contributed by atoms with van der Waals surface area (Å²) in [7, 11) is -4.95. The summed E-state index contributed by atoms with van der Waals surface area (Å²) in [5, 5.41) is 39.2. The van der Waals surface area contributed by atoms with Gasteiger partial charge >= 0.3 is 7.82 Å². The standard InChI is InChI=1S/C16H19O8P/c1-9(10-2-4-11(17)5-3-10)6-13(19)16-14(20)7-12(18)8-15(16)24-25(21,22)23/h2-5,7-9,13,17-20H,6H2,1H3,(H2,21,22,23). The van der Waals surface area contributed by atoms with E-state index in [4.69, 9.17) is 9.79 Å². The van der Waals surface area contributed by atoms with Gasteiger partial charge in [0.25, 0.3) is 0 Å². The SMILES string of the molecule is CC(CC(O)c1c(O)cc(O)cc1OP(=O)(O)O)c1ccc(O)cc1. The smallest absolute Gasteiger partial charge is 0.508 e. The molecule has 2 aromatic rings. The van der Waals surface area contributed by atoms with Gasteiger partial charge in [-0.1, -0.05) is 19.1 Å². The fraction of sp³-hybridized carbons (Fsp3) is 0.250. The van der Waals surface area contributed by atoms with E-state index >= 15 is 0 Å². The van der Waals surface area contributed by atoms with Crippen LogP contribution in [0.2, 0.25) is 0 Å². The molecule has 0 aromatic heterocycles. The molecule has 2 atom stereocenters. The maximum absolute atomic E-state index is 11.1. The zero-order valence-electron chi connectivity index (χ0n) is 13.3. The lowest BCUT2D eigenvalue weighted by atomic mass is 9.91. The molecule has 136 valence electrons. The average Bonchev–Trinajstić information content (AvgIpc) is 2.45. The molecule has 0 aliphatic rings. The molecule has 0 bridgehead atoms. The highest BCUT2D eigenvalue weighted by Crippen LogP contribution is 2.46. The Balaban J connectivity index is 2.30. The normalized spacial score (nSPS) is 14.1. The monoisotopic (exact) mass is 370 g/mol. The van der Waals surface area contributed by atoms with Crippen LogP contribution in [-0.4, -0.2) is 30.2 Å². The van der Waals surface area contributed by atoms with E-state index in [2.05, 4.69) is 4.52 Å². The Morgan fingerprint density at radius 3 is 2.20 bits per heavy atom. The van der Waals surface area contributed by atoms with Gasteiger partial charge in [-0.3, -0.25) is 9.79 Å². The van der Waals surface area contributed by atoms with Gasteiger partial charge in [0.15, 0.2) is 0 Å².